The van der Waals surface area contributed by atoms with Crippen molar-refractivity contribution in [2.75, 3.05) is 6.54 Å². The van der Waals surface area contributed by atoms with Crippen LogP contribution in [0.3, 0.4) is 0 Å². The molecule has 2 rings (SSSR count). The van der Waals surface area contributed by atoms with Crippen molar-refractivity contribution in [3.63, 3.8) is 0 Å². The lowest BCUT2D eigenvalue weighted by atomic mass is 10.1. The highest BCUT2D eigenvalue weighted by Gasteiger charge is 2.10. The Kier molecular flexibility index (Phi) is 4.60. The van der Waals surface area contributed by atoms with E-state index in [1.54, 1.807) is 0 Å². The molecule has 0 bridgehead atoms. The molecule has 1 unspecified atom stereocenters. The Morgan fingerprint density at radius 3 is 2.78 bits per heavy atom. The van der Waals surface area contributed by atoms with Crippen molar-refractivity contribution < 1.29 is 0 Å². The van der Waals surface area contributed by atoms with Crippen LogP contribution in [0.25, 0.3) is 10.4 Å². The first-order valence-corrected chi connectivity index (χ1v) is 7.82. The second kappa shape index (κ2) is 6.00. The van der Waals surface area contributed by atoms with Gasteiger partial charge in [0.1, 0.15) is 0 Å². The summed E-state index contributed by atoms with van der Waals surface area (Å²) in [7, 11) is 0. The van der Waals surface area contributed by atoms with Crippen molar-refractivity contribution in [3.8, 4) is 10.4 Å². The van der Waals surface area contributed by atoms with Gasteiger partial charge < -0.3 is 5.32 Å². The number of nitrogens with one attached hydrogen (secondary N) is 1. The van der Waals surface area contributed by atoms with Crippen LogP contribution in [0, 0.1) is 6.92 Å². The Morgan fingerprint density at radius 2 is 2.06 bits per heavy atom. The fraction of sp³-hybridized carbons (Fsp3) is 0.333. The van der Waals surface area contributed by atoms with Gasteiger partial charge in [-0.05, 0) is 44.7 Å². The summed E-state index contributed by atoms with van der Waals surface area (Å²) in [5.74, 6) is 0. The van der Waals surface area contributed by atoms with Gasteiger partial charge >= 0.3 is 0 Å². The monoisotopic (exact) mass is 323 g/mol. The Morgan fingerprint density at radius 1 is 1.28 bits per heavy atom. The maximum Gasteiger partial charge on any atom is 0.0386 e. The zero-order valence-electron chi connectivity index (χ0n) is 11.0. The van der Waals surface area contributed by atoms with Crippen LogP contribution in [0.2, 0.25) is 0 Å². The molecule has 0 aliphatic heterocycles. The lowest BCUT2D eigenvalue weighted by Crippen LogP contribution is -2.16. The highest BCUT2D eigenvalue weighted by molar-refractivity contribution is 9.10. The molecule has 0 aliphatic carbocycles. The highest BCUT2D eigenvalue weighted by atomic mass is 79.9. The van der Waals surface area contributed by atoms with Crippen molar-refractivity contribution in [1.29, 1.82) is 0 Å². The minimum atomic E-state index is 0.428. The number of thiophene rings is 1. The highest BCUT2D eigenvalue weighted by Crippen LogP contribution is 2.36. The van der Waals surface area contributed by atoms with Gasteiger partial charge in [-0.25, -0.2) is 0 Å². The number of rotatable bonds is 4. The topological polar surface area (TPSA) is 12.0 Å². The predicted octanol–water partition coefficient (Wildman–Crippen LogP) is 5.16. The van der Waals surface area contributed by atoms with Gasteiger partial charge in [0.25, 0.3) is 0 Å². The number of halogens is 1. The lowest BCUT2D eigenvalue weighted by Gasteiger charge is -2.09. The molecule has 2 aromatic rings. The third kappa shape index (κ3) is 3.02. The van der Waals surface area contributed by atoms with Gasteiger partial charge in [0, 0.05) is 25.8 Å². The molecule has 0 fully saturated rings. The summed E-state index contributed by atoms with van der Waals surface area (Å²) in [5, 5.41) is 3.45. The molecule has 1 N–H and O–H groups in total. The van der Waals surface area contributed by atoms with Crippen LogP contribution < -0.4 is 5.32 Å². The summed E-state index contributed by atoms with van der Waals surface area (Å²) < 4.78 is 1.16. The Bertz CT molecular complexity index is 533. The van der Waals surface area contributed by atoms with Crippen LogP contribution in [0.5, 0.6) is 0 Å². The zero-order valence-corrected chi connectivity index (χ0v) is 13.4. The van der Waals surface area contributed by atoms with Crippen molar-refractivity contribution in [2.45, 2.75) is 26.8 Å². The van der Waals surface area contributed by atoms with Crippen LogP contribution in [-0.4, -0.2) is 6.54 Å². The summed E-state index contributed by atoms with van der Waals surface area (Å²) in [6.45, 7) is 7.49. The van der Waals surface area contributed by atoms with Crippen molar-refractivity contribution >= 4 is 27.3 Å². The van der Waals surface area contributed by atoms with E-state index in [1.165, 1.54) is 20.9 Å². The van der Waals surface area contributed by atoms with E-state index in [2.05, 4.69) is 72.3 Å². The first-order valence-electron chi connectivity index (χ1n) is 6.21. The number of hydrogen-bond acceptors (Lipinski definition) is 2. The lowest BCUT2D eigenvalue weighted by molar-refractivity contribution is 0.607. The molecule has 0 saturated heterocycles. The molecule has 0 amide bonds. The summed E-state index contributed by atoms with van der Waals surface area (Å²) in [6, 6.07) is 11.4. The van der Waals surface area contributed by atoms with Crippen LogP contribution in [-0.2, 0) is 0 Å². The molecule has 1 heterocycles. The summed E-state index contributed by atoms with van der Waals surface area (Å²) in [6.07, 6.45) is 0. The second-order valence-electron chi connectivity index (χ2n) is 4.46. The summed E-state index contributed by atoms with van der Waals surface area (Å²) >= 11 is 5.50. The normalized spacial score (nSPS) is 12.7. The van der Waals surface area contributed by atoms with E-state index in [0.29, 0.717) is 6.04 Å². The largest absolute Gasteiger partial charge is 0.310 e. The molecule has 0 aliphatic rings. The third-order valence-corrected chi connectivity index (χ3v) is 4.94. The SMILES string of the molecule is CCNC(C)c1ccc(-c2cc(C)ccc2Br)s1. The van der Waals surface area contributed by atoms with Gasteiger partial charge in [-0.2, -0.15) is 0 Å². The molecule has 1 nitrogen and oxygen atoms in total. The maximum atomic E-state index is 3.64. The molecule has 3 heteroatoms. The molecule has 0 saturated carbocycles. The van der Waals surface area contributed by atoms with Gasteiger partial charge in [0.05, 0.1) is 0 Å². The summed E-state index contributed by atoms with van der Waals surface area (Å²) in [5.41, 5.74) is 2.58. The molecule has 1 aromatic heterocycles. The molecule has 0 radical (unpaired) electrons. The molecular formula is C15H18BrNS. The fourth-order valence-corrected chi connectivity index (χ4v) is 3.62. The van der Waals surface area contributed by atoms with Crippen LogP contribution in [0.4, 0.5) is 0 Å². The Labute approximate surface area is 121 Å². The van der Waals surface area contributed by atoms with E-state index in [0.717, 1.165) is 11.0 Å². The average molecular weight is 324 g/mol. The standard InChI is InChI=1S/C15H18BrNS/c1-4-17-11(3)14-7-8-15(18-14)12-9-10(2)5-6-13(12)16/h5-9,11,17H,4H2,1-3H3. The van der Waals surface area contributed by atoms with E-state index >= 15 is 0 Å². The van der Waals surface area contributed by atoms with E-state index in [-0.39, 0.29) is 0 Å². The summed E-state index contributed by atoms with van der Waals surface area (Å²) in [4.78, 5) is 2.71. The van der Waals surface area contributed by atoms with Crippen LogP contribution >= 0.6 is 27.3 Å². The number of aryl methyl sites for hydroxylation is 1. The van der Waals surface area contributed by atoms with E-state index in [4.69, 9.17) is 0 Å². The molecule has 96 valence electrons. The van der Waals surface area contributed by atoms with E-state index in [9.17, 15) is 0 Å². The Hall–Kier alpha value is -0.640. The smallest absolute Gasteiger partial charge is 0.0386 e. The third-order valence-electron chi connectivity index (χ3n) is 2.95. The van der Waals surface area contributed by atoms with Gasteiger partial charge in [0.2, 0.25) is 0 Å². The van der Waals surface area contributed by atoms with Crippen LogP contribution in [0.1, 0.15) is 30.3 Å². The van der Waals surface area contributed by atoms with Gasteiger partial charge in [0.15, 0.2) is 0 Å². The Balaban J connectivity index is 2.32. The molecule has 18 heavy (non-hydrogen) atoms. The van der Waals surface area contributed by atoms with Crippen molar-refractivity contribution in [3.05, 3.63) is 45.2 Å². The van der Waals surface area contributed by atoms with Gasteiger partial charge in [-0.15, -0.1) is 11.3 Å². The molecule has 1 atom stereocenters. The second-order valence-corrected chi connectivity index (χ2v) is 6.43. The molecule has 0 spiro atoms. The van der Waals surface area contributed by atoms with E-state index < -0.39 is 0 Å². The van der Waals surface area contributed by atoms with Gasteiger partial charge in [-0.3, -0.25) is 0 Å². The van der Waals surface area contributed by atoms with Gasteiger partial charge in [-0.1, -0.05) is 34.5 Å². The van der Waals surface area contributed by atoms with Crippen LogP contribution in [0.15, 0.2) is 34.8 Å². The maximum absolute atomic E-state index is 3.64. The first-order chi connectivity index (χ1) is 8.61. The molecular weight excluding hydrogens is 306 g/mol. The quantitative estimate of drug-likeness (QED) is 0.819. The minimum absolute atomic E-state index is 0.428. The minimum Gasteiger partial charge on any atom is -0.310 e. The van der Waals surface area contributed by atoms with Crippen molar-refractivity contribution in [2.24, 2.45) is 0 Å². The average Bonchev–Trinajstić information content (AvgIpc) is 2.82. The first kappa shape index (κ1) is 13.8. The van der Waals surface area contributed by atoms with Crippen molar-refractivity contribution in [1.82, 2.24) is 5.32 Å². The van der Waals surface area contributed by atoms with E-state index in [1.807, 2.05) is 11.3 Å². The molecule has 1 aromatic carbocycles. The zero-order chi connectivity index (χ0) is 13.1. The fourth-order valence-electron chi connectivity index (χ4n) is 1.97. The predicted molar refractivity (Wildman–Crippen MR) is 84.3 cm³/mol. The number of benzene rings is 1. The number of hydrogen-bond donors (Lipinski definition) is 1.